The molecular formula is C20H30N4O3. The zero-order valence-electron chi connectivity index (χ0n) is 16.1. The number of para-hydroxylation sites is 1. The van der Waals surface area contributed by atoms with Crippen LogP contribution in [0.15, 0.2) is 24.3 Å². The first-order valence-corrected chi connectivity index (χ1v) is 9.73. The van der Waals surface area contributed by atoms with Crippen molar-refractivity contribution >= 4 is 17.5 Å². The smallest absolute Gasteiger partial charge is 0.241 e. The quantitative estimate of drug-likeness (QED) is 0.783. The Morgan fingerprint density at radius 3 is 2.56 bits per heavy atom. The van der Waals surface area contributed by atoms with E-state index < -0.39 is 0 Å². The second kappa shape index (κ2) is 9.30. The monoisotopic (exact) mass is 374 g/mol. The van der Waals surface area contributed by atoms with Crippen molar-refractivity contribution in [1.82, 2.24) is 9.80 Å². The summed E-state index contributed by atoms with van der Waals surface area (Å²) in [6.45, 7) is 4.24. The molecule has 0 aromatic heterocycles. The van der Waals surface area contributed by atoms with Crippen molar-refractivity contribution in [2.45, 2.75) is 25.4 Å². The molecule has 1 aromatic rings. The zero-order valence-corrected chi connectivity index (χ0v) is 16.1. The van der Waals surface area contributed by atoms with Crippen LogP contribution in [0, 0.1) is 0 Å². The lowest BCUT2D eigenvalue weighted by Crippen LogP contribution is -2.52. The van der Waals surface area contributed by atoms with Gasteiger partial charge in [-0.1, -0.05) is 18.2 Å². The largest absolute Gasteiger partial charge is 0.380 e. The highest BCUT2D eigenvalue weighted by molar-refractivity contribution is 5.96. The molecule has 0 bridgehead atoms. The average Bonchev–Trinajstić information content (AvgIpc) is 2.71. The fraction of sp³-hybridized carbons (Fsp3) is 0.600. The number of hydrogen-bond donors (Lipinski definition) is 1. The highest BCUT2D eigenvalue weighted by Crippen LogP contribution is 2.26. The molecule has 2 aliphatic rings. The van der Waals surface area contributed by atoms with Gasteiger partial charge < -0.3 is 20.3 Å². The third-order valence-corrected chi connectivity index (χ3v) is 5.49. The molecule has 0 radical (unpaired) electrons. The van der Waals surface area contributed by atoms with Crippen LogP contribution in [0.25, 0.3) is 0 Å². The zero-order chi connectivity index (χ0) is 19.2. The third kappa shape index (κ3) is 4.86. The maximum absolute atomic E-state index is 12.8. The Bertz CT molecular complexity index is 654. The molecule has 1 aromatic carbocycles. The summed E-state index contributed by atoms with van der Waals surface area (Å²) in [5, 5.41) is 0. The van der Waals surface area contributed by atoms with E-state index in [2.05, 4.69) is 11.0 Å². The topological polar surface area (TPSA) is 79.1 Å². The maximum atomic E-state index is 12.8. The molecule has 0 aliphatic carbocycles. The highest BCUT2D eigenvalue weighted by Gasteiger charge is 2.27. The van der Waals surface area contributed by atoms with Crippen molar-refractivity contribution < 1.29 is 14.3 Å². The summed E-state index contributed by atoms with van der Waals surface area (Å²) in [7, 11) is 1.58. The van der Waals surface area contributed by atoms with Gasteiger partial charge in [0, 0.05) is 52.1 Å². The number of carbonyl (C=O) groups is 2. The molecular weight excluding hydrogens is 344 g/mol. The van der Waals surface area contributed by atoms with Crippen LogP contribution in [0.1, 0.15) is 18.4 Å². The van der Waals surface area contributed by atoms with Gasteiger partial charge in [-0.2, -0.15) is 0 Å². The number of piperazine rings is 1. The highest BCUT2D eigenvalue weighted by atomic mass is 16.5. The Morgan fingerprint density at radius 2 is 1.85 bits per heavy atom. The molecule has 1 fully saturated rings. The first kappa shape index (κ1) is 19.8. The summed E-state index contributed by atoms with van der Waals surface area (Å²) < 4.78 is 5.20. The van der Waals surface area contributed by atoms with Gasteiger partial charge in [-0.25, -0.2) is 0 Å². The summed E-state index contributed by atoms with van der Waals surface area (Å²) in [5.41, 5.74) is 7.90. The number of fused-ring (bicyclic) bond motifs is 1. The molecule has 1 saturated heterocycles. The number of nitrogens with zero attached hydrogens (tertiary/aromatic N) is 3. The average molecular weight is 374 g/mol. The van der Waals surface area contributed by atoms with Crippen LogP contribution >= 0.6 is 0 Å². The van der Waals surface area contributed by atoms with Gasteiger partial charge in [0.1, 0.15) is 0 Å². The second-order valence-electron chi connectivity index (χ2n) is 7.23. The molecule has 1 unspecified atom stereocenters. The van der Waals surface area contributed by atoms with E-state index in [1.54, 1.807) is 7.11 Å². The van der Waals surface area contributed by atoms with Crippen LogP contribution in [-0.2, 0) is 20.7 Å². The van der Waals surface area contributed by atoms with E-state index in [-0.39, 0.29) is 17.9 Å². The van der Waals surface area contributed by atoms with Crippen LogP contribution < -0.4 is 10.6 Å². The molecule has 0 spiro atoms. The summed E-state index contributed by atoms with van der Waals surface area (Å²) in [6, 6.07) is 8.16. The first-order valence-electron chi connectivity index (χ1n) is 9.73. The standard InChI is InChI=1S/C20H30N4O3/c1-27-17(14-21)13-19(25)23-11-9-22(10-12-23)15-20(26)24-8-4-6-16-5-2-3-7-18(16)24/h2-3,5,7,17H,4,6,8-15,21H2,1H3. The molecule has 2 aliphatic heterocycles. The van der Waals surface area contributed by atoms with E-state index in [0.717, 1.165) is 25.1 Å². The Kier molecular flexibility index (Phi) is 6.82. The summed E-state index contributed by atoms with van der Waals surface area (Å²) in [5.74, 6) is 0.215. The molecule has 1 atom stereocenters. The van der Waals surface area contributed by atoms with Crippen LogP contribution in [0.3, 0.4) is 0 Å². The Balaban J connectivity index is 1.50. The van der Waals surface area contributed by atoms with Crippen LogP contribution in [0.5, 0.6) is 0 Å². The lowest BCUT2D eigenvalue weighted by Gasteiger charge is -2.36. The van der Waals surface area contributed by atoms with Crippen LogP contribution in [0.4, 0.5) is 5.69 Å². The van der Waals surface area contributed by atoms with E-state index in [1.165, 1.54) is 5.56 Å². The van der Waals surface area contributed by atoms with E-state index in [1.807, 2.05) is 28.0 Å². The first-order chi connectivity index (χ1) is 13.1. The number of amides is 2. The predicted octanol–water partition coefficient (Wildman–Crippen LogP) is 0.474. The Labute approximate surface area is 161 Å². The van der Waals surface area contributed by atoms with Crippen LogP contribution in [0.2, 0.25) is 0 Å². The minimum Gasteiger partial charge on any atom is -0.380 e. The van der Waals surface area contributed by atoms with Gasteiger partial charge in [-0.05, 0) is 24.5 Å². The lowest BCUT2D eigenvalue weighted by molar-refractivity contribution is -0.135. The molecule has 7 heteroatoms. The van der Waals surface area contributed by atoms with Crippen molar-refractivity contribution in [3.8, 4) is 0 Å². The SMILES string of the molecule is COC(CN)CC(=O)N1CCN(CC(=O)N2CCCc3ccccc32)CC1. The van der Waals surface area contributed by atoms with E-state index >= 15 is 0 Å². The Hall–Kier alpha value is -1.96. The molecule has 2 amide bonds. The van der Waals surface area contributed by atoms with Crippen molar-refractivity contribution in [3.05, 3.63) is 29.8 Å². The number of benzene rings is 1. The number of aryl methyl sites for hydroxylation is 1. The summed E-state index contributed by atoms with van der Waals surface area (Å²) in [6.07, 6.45) is 2.13. The van der Waals surface area contributed by atoms with Crippen molar-refractivity contribution in [3.63, 3.8) is 0 Å². The van der Waals surface area contributed by atoms with Gasteiger partial charge >= 0.3 is 0 Å². The number of rotatable bonds is 6. The van der Waals surface area contributed by atoms with Gasteiger partial charge in [0.25, 0.3) is 0 Å². The fourth-order valence-corrected chi connectivity index (χ4v) is 3.81. The molecule has 0 saturated carbocycles. The summed E-state index contributed by atoms with van der Waals surface area (Å²) in [4.78, 5) is 31.1. The number of anilines is 1. The minimum absolute atomic E-state index is 0.0724. The second-order valence-corrected chi connectivity index (χ2v) is 7.23. The van der Waals surface area contributed by atoms with Gasteiger partial charge in [-0.15, -0.1) is 0 Å². The Morgan fingerprint density at radius 1 is 1.11 bits per heavy atom. The normalized spacial score (nSPS) is 18.9. The lowest BCUT2D eigenvalue weighted by atomic mass is 10.0. The van der Waals surface area contributed by atoms with Gasteiger partial charge in [0.05, 0.1) is 19.1 Å². The predicted molar refractivity (Wildman–Crippen MR) is 105 cm³/mol. The minimum atomic E-state index is -0.226. The van der Waals surface area contributed by atoms with Crippen molar-refractivity contribution in [1.29, 1.82) is 0 Å². The van der Waals surface area contributed by atoms with Gasteiger partial charge in [0.2, 0.25) is 11.8 Å². The molecule has 2 N–H and O–H groups in total. The van der Waals surface area contributed by atoms with E-state index in [0.29, 0.717) is 45.7 Å². The van der Waals surface area contributed by atoms with Crippen molar-refractivity contribution in [2.75, 3.05) is 57.8 Å². The molecule has 3 rings (SSSR count). The van der Waals surface area contributed by atoms with Crippen LogP contribution in [-0.4, -0.2) is 80.6 Å². The number of carbonyl (C=O) groups excluding carboxylic acids is 2. The van der Waals surface area contributed by atoms with Crippen molar-refractivity contribution in [2.24, 2.45) is 5.73 Å². The number of hydrogen-bond acceptors (Lipinski definition) is 5. The number of methoxy groups -OCH3 is 1. The number of nitrogens with two attached hydrogens (primary N) is 1. The fourth-order valence-electron chi connectivity index (χ4n) is 3.81. The third-order valence-electron chi connectivity index (χ3n) is 5.49. The molecule has 27 heavy (non-hydrogen) atoms. The summed E-state index contributed by atoms with van der Waals surface area (Å²) >= 11 is 0. The number of ether oxygens (including phenoxy) is 1. The molecule has 2 heterocycles. The van der Waals surface area contributed by atoms with Gasteiger partial charge in [0.15, 0.2) is 0 Å². The van der Waals surface area contributed by atoms with E-state index in [4.69, 9.17) is 10.5 Å². The van der Waals surface area contributed by atoms with E-state index in [9.17, 15) is 9.59 Å². The molecule has 7 nitrogen and oxygen atoms in total. The maximum Gasteiger partial charge on any atom is 0.241 e. The molecule has 148 valence electrons. The van der Waals surface area contributed by atoms with Gasteiger partial charge in [-0.3, -0.25) is 14.5 Å².